The Morgan fingerprint density at radius 2 is 2.04 bits per heavy atom. The second-order valence-electron chi connectivity index (χ2n) is 5.36. The van der Waals surface area contributed by atoms with Gasteiger partial charge in [-0.15, -0.1) is 4.99 Å². The van der Waals surface area contributed by atoms with E-state index >= 15 is 0 Å². The molecule has 24 heavy (non-hydrogen) atoms. The molecular formula is C16H14FN4O3+. The van der Waals surface area contributed by atoms with Crippen LogP contribution in [0.3, 0.4) is 0 Å². The summed E-state index contributed by atoms with van der Waals surface area (Å²) in [6.07, 6.45) is 2.84. The molecule has 0 fully saturated rings. The molecule has 2 heterocycles. The van der Waals surface area contributed by atoms with Gasteiger partial charge in [-0.05, 0) is 18.2 Å². The van der Waals surface area contributed by atoms with Gasteiger partial charge in [-0.3, -0.25) is 9.59 Å². The molecule has 2 aliphatic heterocycles. The third-order valence-corrected chi connectivity index (χ3v) is 3.90. The van der Waals surface area contributed by atoms with Crippen LogP contribution in [0, 0.1) is 11.7 Å². The van der Waals surface area contributed by atoms with Gasteiger partial charge in [0.05, 0.1) is 19.7 Å². The molecule has 0 bridgehead atoms. The van der Waals surface area contributed by atoms with Crippen LogP contribution in [0.5, 0.6) is 0 Å². The molecule has 0 saturated heterocycles. The Morgan fingerprint density at radius 3 is 2.75 bits per heavy atom. The van der Waals surface area contributed by atoms with E-state index in [1.54, 1.807) is 0 Å². The van der Waals surface area contributed by atoms with E-state index in [-0.39, 0.29) is 17.1 Å². The van der Waals surface area contributed by atoms with Gasteiger partial charge in [-0.25, -0.2) is 9.18 Å². The highest BCUT2D eigenvalue weighted by molar-refractivity contribution is 6.16. The van der Waals surface area contributed by atoms with Crippen LogP contribution in [0.15, 0.2) is 41.0 Å². The van der Waals surface area contributed by atoms with Crippen LogP contribution in [-0.4, -0.2) is 53.5 Å². The first kappa shape index (κ1) is 15.7. The number of carbonyl (C=O) groups is 3. The number of nitrogens with one attached hydrogen (secondary N) is 1. The molecule has 1 aromatic carbocycles. The summed E-state index contributed by atoms with van der Waals surface area (Å²) >= 11 is 0. The van der Waals surface area contributed by atoms with Gasteiger partial charge in [0.1, 0.15) is 12.0 Å². The quantitative estimate of drug-likeness (QED) is 0.814. The number of halogens is 1. The van der Waals surface area contributed by atoms with Gasteiger partial charge in [0.2, 0.25) is 0 Å². The Kier molecular flexibility index (Phi) is 3.80. The third-order valence-electron chi connectivity index (χ3n) is 3.90. The number of benzene rings is 1. The van der Waals surface area contributed by atoms with E-state index in [0.29, 0.717) is 0 Å². The smallest absolute Gasteiger partial charge is 0.324 e. The molecule has 0 radical (unpaired) electrons. The van der Waals surface area contributed by atoms with Gasteiger partial charge in [-0.2, -0.15) is 9.48 Å². The summed E-state index contributed by atoms with van der Waals surface area (Å²) in [6, 6.07) is 5.03. The monoisotopic (exact) mass is 329 g/mol. The predicted molar refractivity (Wildman–Crippen MR) is 83.3 cm³/mol. The molecule has 1 unspecified atom stereocenters. The molecule has 1 N–H and O–H groups in total. The molecule has 1 atom stereocenters. The van der Waals surface area contributed by atoms with Crippen molar-refractivity contribution in [3.05, 3.63) is 47.4 Å². The number of hydrogen-bond donors (Lipinski definition) is 1. The Hall–Kier alpha value is -3.16. The lowest BCUT2D eigenvalue weighted by Crippen LogP contribution is -2.54. The third kappa shape index (κ3) is 2.41. The number of nitrogens with zero attached hydrogens (tertiary/aromatic N) is 3. The van der Waals surface area contributed by atoms with E-state index in [1.807, 2.05) is 0 Å². The van der Waals surface area contributed by atoms with Crippen LogP contribution in [0.1, 0.15) is 10.4 Å². The first-order valence-electron chi connectivity index (χ1n) is 7.14. The number of allylic oxidation sites excluding steroid dienone is 1. The lowest BCUT2D eigenvalue weighted by molar-refractivity contribution is -0.407. The normalized spacial score (nSPS) is 20.0. The predicted octanol–water partition coefficient (Wildman–Crippen LogP) is 0.773. The van der Waals surface area contributed by atoms with E-state index in [4.69, 9.17) is 0 Å². The number of hydrogen-bond acceptors (Lipinski definition) is 4. The standard InChI is InChI=1S/C16H13FN4O3/c1-20-13-12(15(23)21(2)16(20)24)11(7-8-18-13)19-14(22)9-5-3-4-6-10(9)17/h3-8,12H,1-2H3/p+1. The lowest BCUT2D eigenvalue weighted by Gasteiger charge is -2.26. The summed E-state index contributed by atoms with van der Waals surface area (Å²) in [7, 11) is 2.85. The molecule has 0 saturated carbocycles. The molecule has 4 amide bonds. The fourth-order valence-corrected chi connectivity index (χ4v) is 2.60. The second kappa shape index (κ2) is 5.80. The van der Waals surface area contributed by atoms with E-state index in [0.717, 1.165) is 4.90 Å². The SMILES string of the molecule is CN1C(=O)C2C(NC(=O)c3ccccc3F)=CC=NC2=[N+](C)C1=O. The number of rotatable bonds is 2. The summed E-state index contributed by atoms with van der Waals surface area (Å²) in [5, 5.41) is 2.55. The Labute approximate surface area is 136 Å². The maximum atomic E-state index is 13.7. The minimum atomic E-state index is -0.918. The van der Waals surface area contributed by atoms with Crippen LogP contribution in [0.2, 0.25) is 0 Å². The Balaban J connectivity index is 1.95. The Morgan fingerprint density at radius 1 is 1.33 bits per heavy atom. The maximum absolute atomic E-state index is 13.7. The van der Waals surface area contributed by atoms with Gasteiger partial charge in [0, 0.05) is 5.70 Å². The molecule has 8 heteroatoms. The number of dihydropyridines is 1. The van der Waals surface area contributed by atoms with Crippen LogP contribution in [-0.2, 0) is 4.79 Å². The molecule has 0 spiro atoms. The number of fused-ring (bicyclic) bond motifs is 1. The van der Waals surface area contributed by atoms with Crippen LogP contribution >= 0.6 is 0 Å². The van der Waals surface area contributed by atoms with Crippen molar-refractivity contribution >= 4 is 29.9 Å². The van der Waals surface area contributed by atoms with Gasteiger partial charge < -0.3 is 5.32 Å². The average Bonchev–Trinajstić information content (AvgIpc) is 2.58. The van der Waals surface area contributed by atoms with E-state index in [9.17, 15) is 18.8 Å². The van der Waals surface area contributed by atoms with E-state index in [1.165, 1.54) is 55.2 Å². The summed E-state index contributed by atoms with van der Waals surface area (Å²) < 4.78 is 15.0. The van der Waals surface area contributed by atoms with Crippen LogP contribution in [0.4, 0.5) is 9.18 Å². The van der Waals surface area contributed by atoms with E-state index < -0.39 is 29.6 Å². The summed E-state index contributed by atoms with van der Waals surface area (Å²) in [5.41, 5.74) is 0.105. The highest BCUT2D eigenvalue weighted by Gasteiger charge is 2.47. The minimum Gasteiger partial charge on any atom is -0.324 e. The van der Waals surface area contributed by atoms with Crippen LogP contribution in [0.25, 0.3) is 0 Å². The highest BCUT2D eigenvalue weighted by atomic mass is 19.1. The van der Waals surface area contributed by atoms with Crippen molar-refractivity contribution in [1.82, 2.24) is 10.2 Å². The topological polar surface area (TPSA) is 81.8 Å². The summed E-state index contributed by atoms with van der Waals surface area (Å²) in [6.45, 7) is 0. The fourth-order valence-electron chi connectivity index (χ4n) is 2.60. The largest absolute Gasteiger partial charge is 0.445 e. The zero-order valence-electron chi connectivity index (χ0n) is 13.0. The fraction of sp³-hybridized carbons (Fsp3) is 0.188. The van der Waals surface area contributed by atoms with Crippen molar-refractivity contribution in [3.8, 4) is 0 Å². The molecule has 0 aromatic heterocycles. The number of carbonyl (C=O) groups excluding carboxylic acids is 3. The number of urea groups is 1. The molecule has 3 rings (SSSR count). The molecular weight excluding hydrogens is 315 g/mol. The first-order valence-corrected chi connectivity index (χ1v) is 7.14. The van der Waals surface area contributed by atoms with E-state index in [2.05, 4.69) is 10.3 Å². The number of aliphatic imine (C=N–C) groups is 1. The van der Waals surface area contributed by atoms with Crippen molar-refractivity contribution in [3.63, 3.8) is 0 Å². The molecule has 1 aromatic rings. The van der Waals surface area contributed by atoms with Crippen molar-refractivity contribution in [1.29, 1.82) is 0 Å². The average molecular weight is 329 g/mol. The zero-order chi connectivity index (χ0) is 17.4. The number of amides is 4. The zero-order valence-corrected chi connectivity index (χ0v) is 13.0. The van der Waals surface area contributed by atoms with Crippen molar-refractivity contribution in [2.24, 2.45) is 10.9 Å². The second-order valence-corrected chi connectivity index (χ2v) is 5.36. The van der Waals surface area contributed by atoms with Gasteiger partial charge in [0.25, 0.3) is 11.7 Å². The summed E-state index contributed by atoms with van der Waals surface area (Å²) in [5.74, 6) is -2.55. The number of imide groups is 1. The van der Waals surface area contributed by atoms with Gasteiger partial charge >= 0.3 is 11.9 Å². The molecule has 122 valence electrons. The lowest BCUT2D eigenvalue weighted by atomic mass is 9.97. The van der Waals surface area contributed by atoms with Crippen molar-refractivity contribution in [2.45, 2.75) is 0 Å². The minimum absolute atomic E-state index is 0.136. The van der Waals surface area contributed by atoms with Crippen LogP contribution < -0.4 is 5.32 Å². The van der Waals surface area contributed by atoms with Crippen molar-refractivity contribution < 1.29 is 23.3 Å². The molecule has 0 aliphatic carbocycles. The first-order chi connectivity index (χ1) is 11.4. The number of amidine groups is 1. The Bertz CT molecular complexity index is 857. The van der Waals surface area contributed by atoms with Gasteiger partial charge in [0.15, 0.2) is 5.92 Å². The summed E-state index contributed by atoms with van der Waals surface area (Å²) in [4.78, 5) is 41.7. The molecule has 7 nitrogen and oxygen atoms in total. The molecule has 2 aliphatic rings. The van der Waals surface area contributed by atoms with Crippen molar-refractivity contribution in [2.75, 3.05) is 14.1 Å². The highest BCUT2D eigenvalue weighted by Crippen LogP contribution is 2.22. The maximum Gasteiger partial charge on any atom is 0.445 e. The van der Waals surface area contributed by atoms with Gasteiger partial charge in [-0.1, -0.05) is 12.1 Å².